The number of hydrogen-bond acceptors (Lipinski definition) is 6. The lowest BCUT2D eigenvalue weighted by atomic mass is 10.1. The smallest absolute Gasteiger partial charge is 0.387 e. The molecule has 0 unspecified atom stereocenters. The van der Waals surface area contributed by atoms with E-state index >= 15 is 0 Å². The Morgan fingerprint density at radius 1 is 1.22 bits per heavy atom. The first-order valence-corrected chi connectivity index (χ1v) is 10.3. The summed E-state index contributed by atoms with van der Waals surface area (Å²) in [6.45, 7) is -2.40. The number of rotatable bonds is 5. The molecule has 0 bridgehead atoms. The van der Waals surface area contributed by atoms with Crippen LogP contribution in [0.5, 0.6) is 5.75 Å². The fourth-order valence-corrected chi connectivity index (χ4v) is 3.87. The third-order valence-electron chi connectivity index (χ3n) is 5.17. The van der Waals surface area contributed by atoms with E-state index in [1.165, 1.54) is 16.6 Å². The van der Waals surface area contributed by atoms with E-state index in [2.05, 4.69) is 30.4 Å². The lowest BCUT2D eigenvalue weighted by Crippen LogP contribution is -2.44. The van der Waals surface area contributed by atoms with Gasteiger partial charge in [-0.15, -0.1) is 5.10 Å². The molecule has 1 saturated heterocycles. The fourth-order valence-electron chi connectivity index (χ4n) is 3.70. The Kier molecular flexibility index (Phi) is 5.22. The summed E-state index contributed by atoms with van der Waals surface area (Å²) < 4.78 is 32.0. The second-order valence-corrected chi connectivity index (χ2v) is 7.71. The second kappa shape index (κ2) is 8.19. The van der Waals surface area contributed by atoms with Crippen molar-refractivity contribution in [2.75, 3.05) is 11.9 Å². The number of nitrogens with one attached hydrogen (secondary N) is 2. The van der Waals surface area contributed by atoms with Gasteiger partial charge in [-0.25, -0.2) is 9.97 Å². The summed E-state index contributed by atoms with van der Waals surface area (Å²) in [4.78, 5) is 21.5. The van der Waals surface area contributed by atoms with Gasteiger partial charge in [-0.2, -0.15) is 13.3 Å². The summed E-state index contributed by atoms with van der Waals surface area (Å²) in [5.74, 6) is 0.225. The Morgan fingerprint density at radius 3 is 2.88 bits per heavy atom. The van der Waals surface area contributed by atoms with Gasteiger partial charge >= 0.3 is 6.61 Å². The quantitative estimate of drug-likeness (QED) is 0.471. The van der Waals surface area contributed by atoms with Crippen molar-refractivity contribution in [2.45, 2.75) is 25.5 Å². The van der Waals surface area contributed by atoms with Crippen molar-refractivity contribution >= 4 is 40.0 Å². The van der Waals surface area contributed by atoms with Gasteiger partial charge in [0.1, 0.15) is 11.8 Å². The van der Waals surface area contributed by atoms with Crippen molar-refractivity contribution in [3.8, 4) is 17.1 Å². The molecule has 3 heterocycles. The molecule has 1 aliphatic rings. The highest BCUT2D eigenvalue weighted by Crippen LogP contribution is 2.33. The largest absolute Gasteiger partial charge is 0.434 e. The number of alkyl halides is 2. The minimum atomic E-state index is -3.03. The Balaban J connectivity index is 1.67. The lowest BCUT2D eigenvalue weighted by molar-refractivity contribution is -0.123. The Hall–Kier alpha value is -3.53. The Morgan fingerprint density at radius 2 is 2.06 bits per heavy atom. The van der Waals surface area contributed by atoms with Crippen LogP contribution in [-0.2, 0) is 4.79 Å². The van der Waals surface area contributed by atoms with E-state index in [0.29, 0.717) is 30.1 Å². The summed E-state index contributed by atoms with van der Waals surface area (Å²) in [5.41, 5.74) is 1.36. The summed E-state index contributed by atoms with van der Waals surface area (Å²) >= 11 is 5.96. The fraction of sp³-hybridized carbons (Fsp3) is 0.238. The highest BCUT2D eigenvalue weighted by molar-refractivity contribution is 6.30. The van der Waals surface area contributed by atoms with Gasteiger partial charge in [0.2, 0.25) is 11.9 Å². The molecule has 164 valence electrons. The molecule has 2 aromatic carbocycles. The molecule has 0 saturated carbocycles. The van der Waals surface area contributed by atoms with Crippen molar-refractivity contribution in [3.63, 3.8) is 0 Å². The minimum absolute atomic E-state index is 0.120. The third kappa shape index (κ3) is 3.77. The number of amides is 1. The molecule has 1 amide bonds. The maximum atomic E-state index is 13.0. The van der Waals surface area contributed by atoms with Crippen molar-refractivity contribution in [1.29, 1.82) is 0 Å². The first-order valence-electron chi connectivity index (χ1n) is 9.94. The van der Waals surface area contributed by atoms with Crippen molar-refractivity contribution < 1.29 is 18.3 Å². The first kappa shape index (κ1) is 20.4. The number of carbonyl (C=O) groups is 1. The molecule has 11 heteroatoms. The number of fused-ring (bicyclic) bond motifs is 3. The summed E-state index contributed by atoms with van der Waals surface area (Å²) in [5, 5.41) is 11.4. The van der Waals surface area contributed by atoms with E-state index in [-0.39, 0.29) is 28.1 Å². The molecule has 5 rings (SSSR count). The molecule has 1 fully saturated rings. The number of anilines is 1. The van der Waals surface area contributed by atoms with Gasteiger partial charge in [0, 0.05) is 17.0 Å². The van der Waals surface area contributed by atoms with E-state index in [9.17, 15) is 13.6 Å². The van der Waals surface area contributed by atoms with E-state index in [0.717, 1.165) is 11.8 Å². The Bertz CT molecular complexity index is 1330. The van der Waals surface area contributed by atoms with Gasteiger partial charge in [-0.05, 0) is 43.2 Å². The highest BCUT2D eigenvalue weighted by Gasteiger charge is 2.25. The van der Waals surface area contributed by atoms with Crippen LogP contribution < -0.4 is 15.4 Å². The molecule has 4 aromatic rings. The van der Waals surface area contributed by atoms with Crippen LogP contribution in [0.25, 0.3) is 27.9 Å². The second-order valence-electron chi connectivity index (χ2n) is 7.27. The van der Waals surface area contributed by atoms with Gasteiger partial charge < -0.3 is 15.4 Å². The molecule has 2 N–H and O–H groups in total. The highest BCUT2D eigenvalue weighted by atomic mass is 35.5. The predicted molar refractivity (Wildman–Crippen MR) is 115 cm³/mol. The molecule has 0 radical (unpaired) electrons. The van der Waals surface area contributed by atoms with Gasteiger partial charge in [-0.3, -0.25) is 4.79 Å². The Labute approximate surface area is 185 Å². The average Bonchev–Trinajstić information content (AvgIpc) is 3.21. The number of para-hydroxylation sites is 1. The average molecular weight is 459 g/mol. The van der Waals surface area contributed by atoms with Crippen LogP contribution in [0.3, 0.4) is 0 Å². The summed E-state index contributed by atoms with van der Waals surface area (Å²) in [7, 11) is 0. The number of carbonyl (C=O) groups excluding carboxylic acids is 1. The zero-order valence-corrected chi connectivity index (χ0v) is 17.3. The normalized spacial score (nSPS) is 16.5. The number of nitrogens with zero attached hydrogens (tertiary/aromatic N) is 4. The monoisotopic (exact) mass is 458 g/mol. The molecule has 0 spiro atoms. The number of hydrogen-bond donors (Lipinski definition) is 2. The van der Waals surface area contributed by atoms with Crippen molar-refractivity contribution in [3.05, 3.63) is 47.5 Å². The van der Waals surface area contributed by atoms with Crippen LogP contribution in [0.15, 0.2) is 42.5 Å². The molecule has 2 aromatic heterocycles. The zero-order chi connectivity index (χ0) is 22.2. The maximum Gasteiger partial charge on any atom is 0.387 e. The minimum Gasteiger partial charge on any atom is -0.434 e. The van der Waals surface area contributed by atoms with Crippen molar-refractivity contribution in [2.24, 2.45) is 0 Å². The SMILES string of the molecule is O=C1NCCC[C@H]1Nc1nc2ccccc2c2nc(-c3ccc(Cl)cc3OC(F)F)nn12. The zero-order valence-electron chi connectivity index (χ0n) is 16.6. The van der Waals surface area contributed by atoms with E-state index in [4.69, 9.17) is 11.6 Å². The van der Waals surface area contributed by atoms with Crippen LogP contribution in [0.4, 0.5) is 14.7 Å². The first-order chi connectivity index (χ1) is 15.5. The van der Waals surface area contributed by atoms with Crippen LogP contribution in [0.1, 0.15) is 12.8 Å². The number of ether oxygens (including phenoxy) is 1. The topological polar surface area (TPSA) is 93.4 Å². The van der Waals surface area contributed by atoms with Gasteiger partial charge in [0.25, 0.3) is 0 Å². The molecule has 1 aliphatic heterocycles. The van der Waals surface area contributed by atoms with Crippen LogP contribution in [0.2, 0.25) is 5.02 Å². The van der Waals surface area contributed by atoms with Crippen LogP contribution >= 0.6 is 11.6 Å². The third-order valence-corrected chi connectivity index (χ3v) is 5.40. The van der Waals surface area contributed by atoms with E-state index in [1.807, 2.05) is 24.3 Å². The van der Waals surface area contributed by atoms with Crippen molar-refractivity contribution in [1.82, 2.24) is 24.9 Å². The number of benzene rings is 2. The molecular weight excluding hydrogens is 442 g/mol. The van der Waals surface area contributed by atoms with E-state index in [1.54, 1.807) is 6.07 Å². The van der Waals surface area contributed by atoms with Gasteiger partial charge in [0.15, 0.2) is 11.5 Å². The van der Waals surface area contributed by atoms with Crippen LogP contribution in [0, 0.1) is 0 Å². The van der Waals surface area contributed by atoms with Gasteiger partial charge in [0.05, 0.1) is 11.1 Å². The molecule has 0 aliphatic carbocycles. The molecule has 8 nitrogen and oxygen atoms in total. The van der Waals surface area contributed by atoms with E-state index < -0.39 is 12.7 Å². The number of aromatic nitrogens is 4. The molecule has 32 heavy (non-hydrogen) atoms. The predicted octanol–water partition coefficient (Wildman–Crippen LogP) is 3.89. The molecule has 1 atom stereocenters. The number of piperidine rings is 1. The number of halogens is 3. The summed E-state index contributed by atoms with van der Waals surface area (Å²) in [6, 6.07) is 11.2. The molecular formula is C21H17ClF2N6O2. The standard InChI is InChI=1S/C21H17ClF2N6O2/c22-11-7-8-13(16(10-11)32-20(23)24)17-28-18-12-4-1-2-5-14(12)26-21(30(18)29-17)27-15-6-3-9-25-19(15)31/h1-2,4-5,7-8,10,15,20H,3,6,9H2,(H,25,31)(H,26,27)/t15-/m1/s1. The van der Waals surface area contributed by atoms with Crippen LogP contribution in [-0.4, -0.2) is 44.7 Å². The van der Waals surface area contributed by atoms with Gasteiger partial charge in [-0.1, -0.05) is 23.7 Å². The maximum absolute atomic E-state index is 13.0. The lowest BCUT2D eigenvalue weighted by Gasteiger charge is -2.23. The summed E-state index contributed by atoms with van der Waals surface area (Å²) in [6.07, 6.45) is 1.48.